The zero-order valence-electron chi connectivity index (χ0n) is 44.0. The number of unbranched alkanes of at least 4 members (excludes halogenated alkanes) is 44. The molecule has 0 aromatic heterocycles. The van der Waals surface area contributed by atoms with E-state index in [1.807, 2.05) is 0 Å². The van der Waals surface area contributed by atoms with E-state index in [-0.39, 0.29) is 0 Å². The van der Waals surface area contributed by atoms with E-state index in [1.54, 1.807) is 0 Å². The minimum atomic E-state index is -1.28. The van der Waals surface area contributed by atoms with Crippen molar-refractivity contribution in [2.45, 2.75) is 353 Å². The zero-order chi connectivity index (χ0) is 47.4. The van der Waals surface area contributed by atoms with Gasteiger partial charge in [-0.3, -0.25) is 4.79 Å². The van der Waals surface area contributed by atoms with Gasteiger partial charge in [0.05, 0.1) is 18.8 Å². The van der Waals surface area contributed by atoms with Crippen LogP contribution in [0.25, 0.3) is 0 Å². The molecular weight excluding hydrogens is 803 g/mol. The molecule has 0 aliphatic carbocycles. The van der Waals surface area contributed by atoms with Crippen LogP contribution in [0.4, 0.5) is 0 Å². The predicted molar refractivity (Wildman–Crippen MR) is 284 cm³/mol. The average molecular weight is 921 g/mol. The number of hydrogen-bond donors (Lipinski definition) is 5. The average Bonchev–Trinajstić information content (AvgIpc) is 3.31. The summed E-state index contributed by atoms with van der Waals surface area (Å²) in [5.74, 6) is -0.587. The first-order valence-corrected chi connectivity index (χ1v) is 29.6. The molecule has 6 heteroatoms. The van der Waals surface area contributed by atoms with Gasteiger partial charge < -0.3 is 25.7 Å². The van der Waals surface area contributed by atoms with E-state index in [0.29, 0.717) is 12.8 Å². The lowest BCUT2D eigenvalue weighted by molar-refractivity contribution is -0.132. The molecule has 0 aromatic carbocycles. The van der Waals surface area contributed by atoms with Crippen LogP contribution in [-0.2, 0) is 4.79 Å². The van der Waals surface area contributed by atoms with Crippen LogP contribution >= 0.6 is 0 Å². The number of carbonyl (C=O) groups is 1. The second kappa shape index (κ2) is 54.0. The molecule has 1 amide bonds. The fraction of sp³-hybridized carbons (Fsp3) is 0.949. The summed E-state index contributed by atoms with van der Waals surface area (Å²) < 4.78 is 0. The normalized spacial score (nSPS) is 13.8. The highest BCUT2D eigenvalue weighted by atomic mass is 16.3. The molecular formula is C59H117NO5. The summed E-state index contributed by atoms with van der Waals surface area (Å²) in [6.45, 7) is 4.08. The molecule has 0 saturated heterocycles. The van der Waals surface area contributed by atoms with E-state index in [2.05, 4.69) is 31.3 Å². The fourth-order valence-corrected chi connectivity index (χ4v) is 9.59. The minimum absolute atomic E-state index is 0.368. The van der Waals surface area contributed by atoms with Crippen molar-refractivity contribution in [3.63, 3.8) is 0 Å². The van der Waals surface area contributed by atoms with E-state index < -0.39 is 36.9 Å². The molecule has 0 spiro atoms. The molecule has 4 atom stereocenters. The van der Waals surface area contributed by atoms with Crippen LogP contribution in [0.15, 0.2) is 12.2 Å². The lowest BCUT2D eigenvalue weighted by atomic mass is 10.00. The first-order valence-electron chi connectivity index (χ1n) is 29.6. The summed E-state index contributed by atoms with van der Waals surface area (Å²) in [6, 6.07) is -0.999. The van der Waals surface area contributed by atoms with Crippen LogP contribution in [0.2, 0.25) is 0 Å². The Balaban J connectivity index is 3.58. The highest BCUT2D eigenvalue weighted by Crippen LogP contribution is 2.18. The molecule has 0 radical (unpaired) electrons. The van der Waals surface area contributed by atoms with Crippen molar-refractivity contribution in [1.29, 1.82) is 0 Å². The van der Waals surface area contributed by atoms with Gasteiger partial charge in [-0.05, 0) is 38.5 Å². The van der Waals surface area contributed by atoms with Crippen LogP contribution in [0, 0.1) is 0 Å². The molecule has 0 aliphatic rings. The summed E-state index contributed by atoms with van der Waals surface area (Å²) in [7, 11) is 0. The summed E-state index contributed by atoms with van der Waals surface area (Å²) in [4.78, 5) is 12.6. The molecule has 0 bridgehead atoms. The summed E-state index contributed by atoms with van der Waals surface area (Å²) in [5, 5.41) is 44.0. The zero-order valence-corrected chi connectivity index (χ0v) is 44.0. The van der Waals surface area contributed by atoms with Gasteiger partial charge in [0.2, 0.25) is 5.91 Å². The maximum atomic E-state index is 12.6. The van der Waals surface area contributed by atoms with Crippen LogP contribution in [0.3, 0.4) is 0 Å². The first kappa shape index (κ1) is 64.0. The van der Waals surface area contributed by atoms with E-state index in [0.717, 1.165) is 38.5 Å². The largest absolute Gasteiger partial charge is 0.394 e. The smallest absolute Gasteiger partial charge is 0.249 e. The number of aliphatic hydroxyl groups is 4. The van der Waals surface area contributed by atoms with Crippen molar-refractivity contribution in [3.05, 3.63) is 12.2 Å². The van der Waals surface area contributed by atoms with Gasteiger partial charge in [0.15, 0.2) is 0 Å². The van der Waals surface area contributed by atoms with Crippen molar-refractivity contribution >= 4 is 5.91 Å². The van der Waals surface area contributed by atoms with E-state index in [4.69, 9.17) is 0 Å². The maximum Gasteiger partial charge on any atom is 0.249 e. The van der Waals surface area contributed by atoms with Gasteiger partial charge >= 0.3 is 0 Å². The lowest BCUT2D eigenvalue weighted by Gasteiger charge is -2.27. The van der Waals surface area contributed by atoms with E-state index in [9.17, 15) is 25.2 Å². The minimum Gasteiger partial charge on any atom is -0.394 e. The van der Waals surface area contributed by atoms with E-state index >= 15 is 0 Å². The number of nitrogens with one attached hydrogen (secondary N) is 1. The van der Waals surface area contributed by atoms with Gasteiger partial charge in [-0.15, -0.1) is 0 Å². The number of allylic oxidation sites excluding steroid dienone is 2. The molecule has 65 heavy (non-hydrogen) atoms. The summed E-state index contributed by atoms with van der Waals surface area (Å²) in [5.41, 5.74) is 0. The lowest BCUT2D eigenvalue weighted by Crippen LogP contribution is -2.53. The highest BCUT2D eigenvalue weighted by molar-refractivity contribution is 5.80. The number of amides is 1. The van der Waals surface area contributed by atoms with Crippen molar-refractivity contribution < 1.29 is 25.2 Å². The van der Waals surface area contributed by atoms with Crippen LogP contribution in [0.5, 0.6) is 0 Å². The third kappa shape index (κ3) is 47.9. The Morgan fingerprint density at radius 1 is 0.369 bits per heavy atom. The second-order valence-electron chi connectivity index (χ2n) is 20.7. The Hall–Kier alpha value is -0.950. The van der Waals surface area contributed by atoms with Crippen LogP contribution < -0.4 is 5.32 Å². The molecule has 388 valence electrons. The molecule has 0 heterocycles. The van der Waals surface area contributed by atoms with Gasteiger partial charge in [0, 0.05) is 0 Å². The van der Waals surface area contributed by atoms with Crippen LogP contribution in [-0.4, -0.2) is 57.3 Å². The third-order valence-electron chi connectivity index (χ3n) is 14.2. The van der Waals surface area contributed by atoms with Crippen molar-refractivity contribution in [1.82, 2.24) is 5.32 Å². The Morgan fingerprint density at radius 2 is 0.631 bits per heavy atom. The molecule has 0 fully saturated rings. The molecule has 0 aliphatic heterocycles. The van der Waals surface area contributed by atoms with Crippen molar-refractivity contribution in [3.8, 4) is 0 Å². The summed E-state index contributed by atoms with van der Waals surface area (Å²) in [6.07, 6.45) is 64.4. The second-order valence-corrected chi connectivity index (χ2v) is 20.7. The first-order chi connectivity index (χ1) is 32.0. The highest BCUT2D eigenvalue weighted by Gasteiger charge is 2.28. The Kier molecular flexibility index (Phi) is 53.2. The Bertz CT molecular complexity index is 944. The number of carbonyl (C=O) groups excluding carboxylic acids is 1. The summed E-state index contributed by atoms with van der Waals surface area (Å²) >= 11 is 0. The molecule has 4 unspecified atom stereocenters. The monoisotopic (exact) mass is 920 g/mol. The SMILES string of the molecule is CCCCCCCCCCCCCCCCCCCCCCCCCCCC/C=C/CCCC(O)C(O)C(CO)NC(=O)C(O)CCCCCCCCCCCCCCCCCCCC. The van der Waals surface area contributed by atoms with Crippen molar-refractivity contribution in [2.75, 3.05) is 6.61 Å². The molecule has 6 nitrogen and oxygen atoms in total. The van der Waals surface area contributed by atoms with Gasteiger partial charge in [0.1, 0.15) is 12.2 Å². The maximum absolute atomic E-state index is 12.6. The Morgan fingerprint density at radius 3 is 0.923 bits per heavy atom. The van der Waals surface area contributed by atoms with Gasteiger partial charge in [-0.25, -0.2) is 0 Å². The topological polar surface area (TPSA) is 110 Å². The molecule has 0 rings (SSSR count). The van der Waals surface area contributed by atoms with E-state index in [1.165, 1.54) is 263 Å². The molecule has 5 N–H and O–H groups in total. The van der Waals surface area contributed by atoms with Gasteiger partial charge in [-0.2, -0.15) is 0 Å². The quantitative estimate of drug-likeness (QED) is 0.0308. The molecule has 0 aromatic rings. The van der Waals surface area contributed by atoms with Crippen molar-refractivity contribution in [2.24, 2.45) is 0 Å². The number of aliphatic hydroxyl groups excluding tert-OH is 4. The molecule has 0 saturated carbocycles. The fourth-order valence-electron chi connectivity index (χ4n) is 9.59. The predicted octanol–water partition coefficient (Wildman–Crippen LogP) is 17.3. The van der Waals surface area contributed by atoms with Gasteiger partial charge in [-0.1, -0.05) is 302 Å². The number of hydrogen-bond acceptors (Lipinski definition) is 5. The van der Waals surface area contributed by atoms with Gasteiger partial charge in [0.25, 0.3) is 0 Å². The third-order valence-corrected chi connectivity index (χ3v) is 14.2. The Labute approximate surface area is 406 Å². The number of rotatable bonds is 55. The standard InChI is InChI=1S/C59H117NO5/c1-3-5-7-9-11-13-15-17-19-21-23-24-25-26-27-28-29-30-31-32-33-34-35-37-38-40-42-44-46-48-50-52-56(62)58(64)55(54-61)60-59(65)57(63)53-51-49-47-45-43-41-39-36-22-20-18-16-14-12-10-8-6-4-2/h44,46,55-58,61-64H,3-43,45,47-54H2,1-2H3,(H,60,65)/b46-44+. The van der Waals surface area contributed by atoms with Crippen LogP contribution in [0.1, 0.15) is 328 Å².